The highest BCUT2D eigenvalue weighted by atomic mass is 32.2. The maximum atomic E-state index is 14.6. The lowest BCUT2D eigenvalue weighted by Gasteiger charge is -2.18. The molecule has 3 rings (SSSR count). The number of unbranched alkanes of at least 4 members (excludes halogenated alkanes) is 5. The van der Waals surface area contributed by atoms with E-state index in [9.17, 15) is 23.3 Å². The van der Waals surface area contributed by atoms with Crippen LogP contribution in [0.2, 0.25) is 0 Å². The molecule has 1 aliphatic carbocycles. The van der Waals surface area contributed by atoms with Crippen LogP contribution in [0.15, 0.2) is 162 Å². The average molecular weight is 1000 g/mol. The number of hydrogen-bond donors (Lipinski definition) is 0. The molecule has 2 aromatic carbocycles. The van der Waals surface area contributed by atoms with Gasteiger partial charge in [-0.05, 0) is 197 Å². The van der Waals surface area contributed by atoms with E-state index in [0.29, 0.717) is 41.7 Å². The van der Waals surface area contributed by atoms with Crippen LogP contribution in [-0.4, -0.2) is 48.0 Å². The monoisotopic (exact) mass is 1000 g/mol. The number of allylic oxidation sites excluding steroid dienone is 20. The van der Waals surface area contributed by atoms with Crippen molar-refractivity contribution >= 4 is 46.3 Å². The van der Waals surface area contributed by atoms with Gasteiger partial charge in [0, 0.05) is 12.8 Å². The molecule has 72 heavy (non-hydrogen) atoms. The molecule has 0 bridgehead atoms. The van der Waals surface area contributed by atoms with Crippen molar-refractivity contribution < 1.29 is 37.5 Å². The quantitative estimate of drug-likeness (QED) is 0.0220. The van der Waals surface area contributed by atoms with Crippen LogP contribution in [0.3, 0.4) is 0 Å². The van der Waals surface area contributed by atoms with Crippen molar-refractivity contribution in [2.45, 2.75) is 154 Å². The molecule has 0 radical (unpaired) electrons. The second kappa shape index (κ2) is 38.8. The van der Waals surface area contributed by atoms with Gasteiger partial charge in [0.05, 0.1) is 6.42 Å². The van der Waals surface area contributed by atoms with Gasteiger partial charge in [0.25, 0.3) is 0 Å². The molecule has 0 amide bonds. The predicted molar refractivity (Wildman–Crippen MR) is 299 cm³/mol. The zero-order valence-electron chi connectivity index (χ0n) is 43.6. The highest BCUT2D eigenvalue weighted by Crippen LogP contribution is 2.44. The molecular weight excluding hydrogens is 920 g/mol. The van der Waals surface area contributed by atoms with E-state index in [-0.39, 0.29) is 32.5 Å². The Bertz CT molecular complexity index is 2250. The van der Waals surface area contributed by atoms with Gasteiger partial charge < -0.3 is 18.8 Å². The van der Waals surface area contributed by atoms with E-state index in [0.717, 1.165) is 92.9 Å². The summed E-state index contributed by atoms with van der Waals surface area (Å²) < 4.78 is 43.5. The zero-order valence-corrected chi connectivity index (χ0v) is 44.4. The third-order valence-electron chi connectivity index (χ3n) is 11.6. The van der Waals surface area contributed by atoms with Crippen molar-refractivity contribution in [3.05, 3.63) is 180 Å². The second-order valence-corrected chi connectivity index (χ2v) is 19.0. The van der Waals surface area contributed by atoms with Crippen LogP contribution in [0.5, 0.6) is 0 Å². The van der Waals surface area contributed by atoms with E-state index < -0.39 is 41.0 Å². The van der Waals surface area contributed by atoms with Crippen molar-refractivity contribution in [2.24, 2.45) is 0 Å². The van der Waals surface area contributed by atoms with E-state index in [1.807, 2.05) is 37.3 Å². The molecule has 0 spiro atoms. The first-order chi connectivity index (χ1) is 35.1. The minimum atomic E-state index is -1.11. The fourth-order valence-corrected chi connectivity index (χ4v) is 8.11. The van der Waals surface area contributed by atoms with Gasteiger partial charge in [-0.2, -0.15) is 0 Å². The van der Waals surface area contributed by atoms with Crippen LogP contribution < -0.4 is 0 Å². The highest BCUT2D eigenvalue weighted by Gasteiger charge is 2.27. The molecule has 0 saturated carbocycles. The van der Waals surface area contributed by atoms with Gasteiger partial charge in [-0.3, -0.25) is 14.4 Å². The molecule has 7 nitrogen and oxygen atoms in total. The van der Waals surface area contributed by atoms with Crippen molar-refractivity contribution in [3.8, 4) is 0 Å². The molecule has 2 unspecified atom stereocenters. The molecule has 0 heterocycles. The topological polar surface area (TPSA) is 102 Å². The van der Waals surface area contributed by atoms with Crippen LogP contribution in [0, 0.1) is 5.82 Å². The lowest BCUT2D eigenvalue weighted by Crippen LogP contribution is -2.31. The average Bonchev–Trinajstić information content (AvgIpc) is 3.61. The van der Waals surface area contributed by atoms with Crippen molar-refractivity contribution in [3.63, 3.8) is 0 Å². The number of ether oxygens (including phenoxy) is 3. The summed E-state index contributed by atoms with van der Waals surface area (Å²) >= 11 is -1.11. The second-order valence-electron chi connectivity index (χ2n) is 17.6. The summed E-state index contributed by atoms with van der Waals surface area (Å²) in [7, 11) is 0. The molecule has 0 fully saturated rings. The third-order valence-corrected chi connectivity index (χ3v) is 12.5. The maximum Gasteiger partial charge on any atom is 0.310 e. The fourth-order valence-electron chi connectivity index (χ4n) is 7.59. The number of benzene rings is 2. The number of carbonyl (C=O) groups excluding carboxylic acids is 3. The Hall–Kier alpha value is -5.77. The number of fused-ring (bicyclic) bond motifs is 1. The summed E-state index contributed by atoms with van der Waals surface area (Å²) in [6.45, 7) is 5.59. The minimum absolute atomic E-state index is 0.151. The highest BCUT2D eigenvalue weighted by molar-refractivity contribution is 7.90. The molecule has 388 valence electrons. The Balaban J connectivity index is 1.51. The standard InChI is InChI=1S/C63H81FO7S/c1-5-7-9-11-13-15-17-19-21-23-25-27-29-31-33-35-37-39-61(65)69-50-55(71-62(66)40-38-36-34-32-30-28-26-24-22-20-18-16-14-12-10-8-6-2)51-70-63(67)49-59-52(3)58(57-46-43-54(64)48-60(57)59)47-53-41-44-56(45-42-53)72(4)68/h7-10,13-16,19,21,25-28,31-34,41-48,55H,5-6,11-12,17-18,20,22-24,29-30,35-40,49-51H2,1-4H3/b9-7-,10-8-,15-13-,16-14-,21-19-,27-25-,28-26-,33-31-,34-32-,58-47-. The Labute approximate surface area is 435 Å². The van der Waals surface area contributed by atoms with Gasteiger partial charge in [-0.1, -0.05) is 129 Å². The van der Waals surface area contributed by atoms with Crippen LogP contribution in [0.25, 0.3) is 17.2 Å². The number of hydrogen-bond acceptors (Lipinski definition) is 7. The SMILES string of the molecule is CC/C=C\C/C=C\C/C=C\C/C=C\C/C=C\CCCC(=O)OCC(COC(=O)CC1=C(C)/C(=C/c2ccc([S+](C)[O-])cc2)c2ccc(F)cc21)OC(=O)CCC/C=C\C/C=C\CCCC/C=C\C/C=C\CC. The van der Waals surface area contributed by atoms with E-state index in [2.05, 4.69) is 123 Å². The van der Waals surface area contributed by atoms with Crippen LogP contribution in [-0.2, 0) is 39.8 Å². The van der Waals surface area contributed by atoms with E-state index >= 15 is 0 Å². The summed E-state index contributed by atoms with van der Waals surface area (Å²) in [4.78, 5) is 40.0. The summed E-state index contributed by atoms with van der Waals surface area (Å²) in [6.07, 6.45) is 56.4. The summed E-state index contributed by atoms with van der Waals surface area (Å²) in [5.41, 5.74) is 4.51. The van der Waals surface area contributed by atoms with Gasteiger partial charge >= 0.3 is 17.9 Å². The largest absolute Gasteiger partial charge is 0.612 e. The lowest BCUT2D eigenvalue weighted by atomic mass is 10.0. The molecule has 9 heteroatoms. The fraction of sp³-hybridized carbons (Fsp3) is 0.413. The van der Waals surface area contributed by atoms with Crippen molar-refractivity contribution in [2.75, 3.05) is 19.5 Å². The maximum absolute atomic E-state index is 14.6. The number of rotatable bonds is 36. The van der Waals surface area contributed by atoms with Crippen molar-refractivity contribution in [1.82, 2.24) is 0 Å². The first-order valence-electron chi connectivity index (χ1n) is 26.1. The molecule has 0 aliphatic heterocycles. The molecular formula is C63H81FO7S. The first-order valence-corrected chi connectivity index (χ1v) is 27.7. The first kappa shape index (κ1) is 60.5. The van der Waals surface area contributed by atoms with Crippen molar-refractivity contribution in [1.29, 1.82) is 0 Å². The Morgan fingerprint density at radius 1 is 0.569 bits per heavy atom. The number of halogens is 1. The van der Waals surface area contributed by atoms with Gasteiger partial charge in [0.1, 0.15) is 25.3 Å². The number of esters is 3. The summed E-state index contributed by atoms with van der Waals surface area (Å²) in [5.74, 6) is -1.93. The van der Waals surface area contributed by atoms with E-state index in [1.54, 1.807) is 12.3 Å². The normalized spacial score (nSPS) is 14.7. The molecule has 0 N–H and O–H groups in total. The molecule has 0 saturated heterocycles. The Kier molecular flexibility index (Phi) is 32.7. The van der Waals surface area contributed by atoms with Crippen LogP contribution >= 0.6 is 0 Å². The minimum Gasteiger partial charge on any atom is -0.612 e. The van der Waals surface area contributed by atoms with Gasteiger partial charge in [0.2, 0.25) is 0 Å². The molecule has 1 aliphatic rings. The van der Waals surface area contributed by atoms with Gasteiger partial charge in [-0.25, -0.2) is 4.39 Å². The lowest BCUT2D eigenvalue weighted by molar-refractivity contribution is -0.166. The molecule has 0 aromatic heterocycles. The Morgan fingerprint density at radius 2 is 1.01 bits per heavy atom. The Morgan fingerprint density at radius 3 is 1.50 bits per heavy atom. The van der Waals surface area contributed by atoms with E-state index in [4.69, 9.17) is 14.2 Å². The third kappa shape index (κ3) is 27.2. The predicted octanol–water partition coefficient (Wildman–Crippen LogP) is 16.3. The summed E-state index contributed by atoms with van der Waals surface area (Å²) in [6, 6.07) is 11.9. The van der Waals surface area contributed by atoms with Crippen LogP contribution in [0.1, 0.15) is 159 Å². The smallest absolute Gasteiger partial charge is 0.310 e. The number of carbonyl (C=O) groups is 3. The van der Waals surface area contributed by atoms with Gasteiger partial charge in [0.15, 0.2) is 11.0 Å². The zero-order chi connectivity index (χ0) is 51.9. The summed E-state index contributed by atoms with van der Waals surface area (Å²) in [5, 5.41) is 0. The molecule has 2 atom stereocenters. The van der Waals surface area contributed by atoms with E-state index in [1.165, 1.54) is 18.6 Å². The molecule has 2 aromatic rings. The van der Waals surface area contributed by atoms with Crippen LogP contribution in [0.4, 0.5) is 4.39 Å². The van der Waals surface area contributed by atoms with Gasteiger partial charge in [-0.15, -0.1) is 0 Å².